The van der Waals surface area contributed by atoms with Crippen molar-refractivity contribution in [2.45, 2.75) is 0 Å². The Balaban J connectivity index is -0.000000375. The summed E-state index contributed by atoms with van der Waals surface area (Å²) >= 11 is 0. The second kappa shape index (κ2) is 13.2. The van der Waals surface area contributed by atoms with Crippen LogP contribution in [0.1, 0.15) is 0 Å². The number of hydrogen-bond acceptors (Lipinski definition) is 8. The molecule has 0 aliphatic heterocycles. The van der Waals surface area contributed by atoms with E-state index in [9.17, 15) is 39.6 Å². The van der Waals surface area contributed by atoms with Crippen molar-refractivity contribution in [1.29, 1.82) is 0 Å². The molecule has 0 saturated carbocycles. The van der Waals surface area contributed by atoms with Crippen molar-refractivity contribution in [1.82, 2.24) is 9.80 Å². The van der Waals surface area contributed by atoms with Gasteiger partial charge < -0.3 is 49.4 Å². The van der Waals surface area contributed by atoms with Crippen LogP contribution in [0.15, 0.2) is 0 Å². The first-order valence-corrected chi connectivity index (χ1v) is 3.66. The smallest absolute Gasteiger partial charge is 0.530 e. The minimum Gasteiger partial charge on any atom is -0.530 e. The van der Waals surface area contributed by atoms with Crippen LogP contribution in [0.3, 0.4) is 0 Å². The van der Waals surface area contributed by atoms with Gasteiger partial charge in [0.05, 0.1) is 0 Å². The van der Waals surface area contributed by atoms with E-state index in [1.807, 2.05) is 0 Å². The summed E-state index contributed by atoms with van der Waals surface area (Å²) in [5.41, 5.74) is 0. The number of carbonyl (C=O) groups is 4. The molecule has 0 aromatic carbocycles. The van der Waals surface area contributed by atoms with E-state index in [1.54, 1.807) is 0 Å². The van der Waals surface area contributed by atoms with Crippen LogP contribution in [0.25, 0.3) is 0 Å². The van der Waals surface area contributed by atoms with Gasteiger partial charge in [-0.3, -0.25) is 0 Å². The van der Waals surface area contributed by atoms with E-state index in [4.69, 9.17) is 0 Å². The first-order chi connectivity index (χ1) is 7.27. The molecule has 0 spiro atoms. The number of nitrogens with zero attached hydrogens (tertiary/aromatic N) is 2. The first kappa shape index (κ1) is 27.6. The summed E-state index contributed by atoms with van der Waals surface area (Å²) in [5.74, 6) is 0. The Kier molecular flexibility index (Phi) is 19.2. The number of hydrogen-bond donors (Lipinski definition) is 0. The van der Waals surface area contributed by atoms with Crippen molar-refractivity contribution in [3.63, 3.8) is 0 Å². The summed E-state index contributed by atoms with van der Waals surface area (Å²) in [7, 11) is 0. The molecule has 0 fully saturated rings. The zero-order valence-corrected chi connectivity index (χ0v) is 15.7. The summed E-state index contributed by atoms with van der Waals surface area (Å²) in [4.78, 5) is 39.8. The predicted octanol–water partition coefficient (Wildman–Crippen LogP) is -11.4. The maximum Gasteiger partial charge on any atom is 2.00 e. The van der Waals surface area contributed by atoms with E-state index < -0.39 is 47.3 Å². The Morgan fingerprint density at radius 3 is 0.895 bits per heavy atom. The molecular weight excluding hydrogens is 298 g/mol. The van der Waals surface area contributed by atoms with Gasteiger partial charge in [-0.2, -0.15) is 0 Å². The van der Waals surface area contributed by atoms with Gasteiger partial charge in [0.1, 0.15) is 24.4 Å². The van der Waals surface area contributed by atoms with Gasteiger partial charge in [-0.1, -0.05) is 0 Å². The number of amides is 4. The summed E-state index contributed by atoms with van der Waals surface area (Å²) in [5, 5.41) is 40.6. The third kappa shape index (κ3) is 10.7. The van der Waals surface area contributed by atoms with Gasteiger partial charge in [0, 0.05) is 13.1 Å². The maximum atomic E-state index is 10.1. The molecule has 4 amide bonds. The monoisotopic (exact) mass is 302 g/mol. The largest absolute Gasteiger partial charge is 2.00 e. The van der Waals surface area contributed by atoms with E-state index in [0.29, 0.717) is 0 Å². The Morgan fingerprint density at radius 2 is 0.789 bits per heavy atom. The molecule has 0 aliphatic rings. The van der Waals surface area contributed by atoms with Crippen molar-refractivity contribution >= 4 is 47.4 Å². The van der Waals surface area contributed by atoms with Crippen LogP contribution in [0.2, 0.25) is 0 Å². The molecule has 0 aromatic rings. The number of imide groups is 2. The van der Waals surface area contributed by atoms with E-state index in [2.05, 4.69) is 0 Å². The van der Waals surface area contributed by atoms with Gasteiger partial charge >= 0.3 is 82.2 Å². The fraction of sp³-hybridized carbons (Fsp3) is 0.333. The molecule has 13 heteroatoms. The SMILES string of the molecule is O=C([O-])N(CCN(C(=O)[O-])C(=O)[O-])C(=O)[O-].[Mg+2].[Na+].[Na+]. The van der Waals surface area contributed by atoms with Crippen LogP contribution in [0, 0.1) is 0 Å². The van der Waals surface area contributed by atoms with Gasteiger partial charge in [-0.15, -0.1) is 0 Å². The third-order valence-corrected chi connectivity index (χ3v) is 1.43. The van der Waals surface area contributed by atoms with Crippen LogP contribution < -0.4 is 79.5 Å². The Hall–Kier alpha value is 0.246. The fourth-order valence-corrected chi connectivity index (χ4v) is 0.714. The summed E-state index contributed by atoms with van der Waals surface area (Å²) in [6.07, 6.45) is -8.68. The zero-order valence-electron chi connectivity index (χ0n) is 10.3. The molecular formula is C6H4MgN2Na2O8. The molecule has 0 unspecified atom stereocenters. The molecule has 0 atom stereocenters. The summed E-state index contributed by atoms with van der Waals surface area (Å²) in [6, 6.07) is 0. The molecule has 10 nitrogen and oxygen atoms in total. The number of carboxylic acid groups (broad SMARTS) is 4. The predicted molar refractivity (Wildman–Crippen MR) is 40.8 cm³/mol. The topological polar surface area (TPSA) is 167 Å². The van der Waals surface area contributed by atoms with Crippen molar-refractivity contribution < 1.29 is 98.7 Å². The molecule has 0 bridgehead atoms. The van der Waals surface area contributed by atoms with Crippen molar-refractivity contribution in [3.8, 4) is 0 Å². The van der Waals surface area contributed by atoms with Crippen LogP contribution in [-0.4, -0.2) is 70.3 Å². The second-order valence-electron chi connectivity index (χ2n) is 2.37. The van der Waals surface area contributed by atoms with Crippen LogP contribution >= 0.6 is 0 Å². The molecule has 0 aromatic heterocycles. The second-order valence-corrected chi connectivity index (χ2v) is 2.37. The van der Waals surface area contributed by atoms with E-state index in [1.165, 1.54) is 0 Å². The molecule has 0 heterocycles. The summed E-state index contributed by atoms with van der Waals surface area (Å²) in [6.45, 7) is -1.99. The van der Waals surface area contributed by atoms with E-state index in [0.717, 1.165) is 0 Å². The van der Waals surface area contributed by atoms with Gasteiger partial charge in [-0.25, -0.2) is 0 Å². The first-order valence-electron chi connectivity index (χ1n) is 3.66. The Morgan fingerprint density at radius 1 is 0.632 bits per heavy atom. The van der Waals surface area contributed by atoms with Crippen LogP contribution in [0.5, 0.6) is 0 Å². The normalized spacial score (nSPS) is 7.79. The zero-order chi connectivity index (χ0) is 12.9. The van der Waals surface area contributed by atoms with Crippen molar-refractivity contribution in [2.24, 2.45) is 0 Å². The van der Waals surface area contributed by atoms with Crippen molar-refractivity contribution in [2.75, 3.05) is 13.1 Å². The quantitative estimate of drug-likeness (QED) is 0.463. The Bertz CT molecular complexity index is 281. The minimum atomic E-state index is -2.17. The van der Waals surface area contributed by atoms with Crippen LogP contribution in [-0.2, 0) is 0 Å². The maximum absolute atomic E-state index is 10.1. The van der Waals surface area contributed by atoms with E-state index in [-0.39, 0.29) is 82.2 Å². The van der Waals surface area contributed by atoms with Crippen molar-refractivity contribution in [3.05, 3.63) is 0 Å². The molecule has 0 aliphatic carbocycles. The third-order valence-electron chi connectivity index (χ3n) is 1.43. The van der Waals surface area contributed by atoms with Gasteiger partial charge in [0.25, 0.3) is 0 Å². The molecule has 0 rings (SSSR count). The average molecular weight is 302 g/mol. The van der Waals surface area contributed by atoms with Crippen LogP contribution in [0.4, 0.5) is 19.2 Å². The molecule has 19 heavy (non-hydrogen) atoms. The number of carbonyl (C=O) groups excluding carboxylic acids is 4. The van der Waals surface area contributed by atoms with Gasteiger partial charge in [0.15, 0.2) is 0 Å². The standard InChI is InChI=1S/C6H8N2O8.Mg.2Na/c9-3(10)7(4(11)12)1-2-8(5(13)14)6(15)16;;;/h1-2H2,(H,9,10)(H,11,12)(H,13,14)(H,15,16);;;/q;+2;2*+1/p-4. The number of rotatable bonds is 3. The Labute approximate surface area is 167 Å². The molecule has 90 valence electrons. The molecule has 0 saturated heterocycles. The minimum absolute atomic E-state index is 0. The molecule has 0 radical (unpaired) electrons. The average Bonchev–Trinajstić information content (AvgIpc) is 2.09. The molecule has 0 N–H and O–H groups in total. The fourth-order valence-electron chi connectivity index (χ4n) is 0.714. The van der Waals surface area contributed by atoms with E-state index >= 15 is 0 Å². The summed E-state index contributed by atoms with van der Waals surface area (Å²) < 4.78 is 0. The van der Waals surface area contributed by atoms with Gasteiger partial charge in [-0.05, 0) is 0 Å². The van der Waals surface area contributed by atoms with Gasteiger partial charge in [0.2, 0.25) is 0 Å².